The number of anilines is 2. The zero-order valence-electron chi connectivity index (χ0n) is 15.3. The zero-order valence-corrected chi connectivity index (χ0v) is 15.3. The Hall–Kier alpha value is -1.96. The van der Waals surface area contributed by atoms with Crippen molar-refractivity contribution in [3.8, 4) is 0 Å². The molecule has 3 aliphatic rings. The van der Waals surface area contributed by atoms with Crippen molar-refractivity contribution < 1.29 is 4.63 Å². The summed E-state index contributed by atoms with van der Waals surface area (Å²) < 4.78 is 4.85. The molecule has 0 N–H and O–H groups in total. The maximum absolute atomic E-state index is 4.85. The van der Waals surface area contributed by atoms with Gasteiger partial charge in [-0.05, 0) is 61.9 Å². The van der Waals surface area contributed by atoms with Gasteiger partial charge in [-0.25, -0.2) is 14.6 Å². The van der Waals surface area contributed by atoms with Crippen LogP contribution in [0.5, 0.6) is 0 Å². The minimum Gasteiger partial charge on any atom is -0.353 e. The third kappa shape index (κ3) is 3.00. The lowest BCUT2D eigenvalue weighted by atomic mass is 10.00. The van der Waals surface area contributed by atoms with Gasteiger partial charge < -0.3 is 14.7 Å². The number of hydrogen-bond donors (Lipinski definition) is 0. The summed E-state index contributed by atoms with van der Waals surface area (Å²) in [6.45, 7) is 6.71. The standard InChI is InChI=1S/C18H27N7O/c1-2-8-23(9-3-1)14-6-12-25(13-7-14)18-17(24-10-4-5-11-24)19-15-16(20-18)22-26-21-15/h14H,1-13H2. The highest BCUT2D eigenvalue weighted by atomic mass is 16.6. The van der Waals surface area contributed by atoms with Crippen LogP contribution in [-0.2, 0) is 0 Å². The van der Waals surface area contributed by atoms with E-state index >= 15 is 0 Å². The fourth-order valence-corrected chi connectivity index (χ4v) is 4.70. The van der Waals surface area contributed by atoms with E-state index in [1.807, 2.05) is 0 Å². The molecule has 0 saturated carbocycles. The van der Waals surface area contributed by atoms with Crippen molar-refractivity contribution in [2.24, 2.45) is 0 Å². The van der Waals surface area contributed by atoms with Crippen molar-refractivity contribution in [2.75, 3.05) is 49.1 Å². The molecular formula is C18H27N7O. The molecule has 26 heavy (non-hydrogen) atoms. The average Bonchev–Trinajstić information content (AvgIpc) is 3.39. The van der Waals surface area contributed by atoms with Crippen molar-refractivity contribution in [1.29, 1.82) is 0 Å². The van der Waals surface area contributed by atoms with Gasteiger partial charge in [-0.2, -0.15) is 0 Å². The monoisotopic (exact) mass is 357 g/mol. The second-order valence-corrected chi connectivity index (χ2v) is 7.79. The van der Waals surface area contributed by atoms with Crippen LogP contribution in [0.25, 0.3) is 11.3 Å². The first-order valence-electron chi connectivity index (χ1n) is 10.1. The van der Waals surface area contributed by atoms with E-state index in [2.05, 4.69) is 25.0 Å². The molecule has 2 aromatic rings. The highest BCUT2D eigenvalue weighted by molar-refractivity contribution is 5.75. The number of rotatable bonds is 3. The van der Waals surface area contributed by atoms with Crippen LogP contribution in [0.4, 0.5) is 11.6 Å². The van der Waals surface area contributed by atoms with Crippen LogP contribution in [0, 0.1) is 0 Å². The van der Waals surface area contributed by atoms with Gasteiger partial charge in [-0.3, -0.25) is 0 Å². The quantitative estimate of drug-likeness (QED) is 0.826. The molecule has 0 aliphatic carbocycles. The second-order valence-electron chi connectivity index (χ2n) is 7.79. The van der Waals surface area contributed by atoms with Crippen molar-refractivity contribution in [2.45, 2.75) is 51.0 Å². The second kappa shape index (κ2) is 6.98. The van der Waals surface area contributed by atoms with Gasteiger partial charge in [-0.1, -0.05) is 6.42 Å². The topological polar surface area (TPSA) is 74.4 Å². The Morgan fingerprint density at radius 2 is 1.19 bits per heavy atom. The largest absolute Gasteiger partial charge is 0.353 e. The summed E-state index contributed by atoms with van der Waals surface area (Å²) in [7, 11) is 0. The summed E-state index contributed by atoms with van der Waals surface area (Å²) >= 11 is 0. The lowest BCUT2D eigenvalue weighted by Gasteiger charge is -2.41. The third-order valence-corrected chi connectivity index (χ3v) is 6.15. The van der Waals surface area contributed by atoms with Crippen molar-refractivity contribution in [3.63, 3.8) is 0 Å². The molecule has 8 heteroatoms. The number of likely N-dealkylation sites (tertiary alicyclic amines) is 1. The van der Waals surface area contributed by atoms with Gasteiger partial charge in [0.1, 0.15) is 0 Å². The summed E-state index contributed by atoms with van der Waals surface area (Å²) in [5.41, 5.74) is 1.03. The molecule has 5 heterocycles. The van der Waals surface area contributed by atoms with Crippen molar-refractivity contribution in [1.82, 2.24) is 25.2 Å². The summed E-state index contributed by atoms with van der Waals surface area (Å²) in [6, 6.07) is 0.729. The minimum absolute atomic E-state index is 0.513. The molecule has 0 amide bonds. The van der Waals surface area contributed by atoms with Crippen LogP contribution < -0.4 is 9.80 Å². The summed E-state index contributed by atoms with van der Waals surface area (Å²) in [6.07, 6.45) is 8.96. The fraction of sp³-hybridized carbons (Fsp3) is 0.778. The lowest BCUT2D eigenvalue weighted by molar-refractivity contribution is 0.141. The van der Waals surface area contributed by atoms with Crippen LogP contribution in [0.15, 0.2) is 4.63 Å². The molecule has 0 aromatic carbocycles. The molecule has 3 aliphatic heterocycles. The molecule has 0 unspecified atom stereocenters. The Labute approximate surface area is 153 Å². The Balaban J connectivity index is 1.37. The zero-order chi connectivity index (χ0) is 17.3. The first-order chi connectivity index (χ1) is 12.9. The molecule has 3 fully saturated rings. The third-order valence-electron chi connectivity index (χ3n) is 6.15. The number of nitrogens with zero attached hydrogens (tertiary/aromatic N) is 7. The normalized spacial score (nSPS) is 23.2. The number of fused-ring (bicyclic) bond motifs is 1. The predicted molar refractivity (Wildman–Crippen MR) is 99.5 cm³/mol. The maximum atomic E-state index is 4.85. The molecule has 2 aromatic heterocycles. The van der Waals surface area contributed by atoms with E-state index < -0.39 is 0 Å². The number of hydrogen-bond acceptors (Lipinski definition) is 8. The molecule has 0 bridgehead atoms. The molecule has 140 valence electrons. The summed E-state index contributed by atoms with van der Waals surface area (Å²) in [5, 5.41) is 7.82. The summed E-state index contributed by atoms with van der Waals surface area (Å²) in [4.78, 5) is 17.0. The van der Waals surface area contributed by atoms with Gasteiger partial charge in [0, 0.05) is 32.2 Å². The Kier molecular flexibility index (Phi) is 4.36. The van der Waals surface area contributed by atoms with E-state index in [4.69, 9.17) is 14.6 Å². The van der Waals surface area contributed by atoms with Gasteiger partial charge in [0.2, 0.25) is 11.3 Å². The first-order valence-corrected chi connectivity index (χ1v) is 10.1. The maximum Gasteiger partial charge on any atom is 0.245 e. The molecule has 5 rings (SSSR count). The van der Waals surface area contributed by atoms with E-state index in [0.29, 0.717) is 11.3 Å². The number of aromatic nitrogens is 4. The molecule has 8 nitrogen and oxygen atoms in total. The van der Waals surface area contributed by atoms with E-state index in [1.165, 1.54) is 58.0 Å². The molecule has 0 spiro atoms. The highest BCUT2D eigenvalue weighted by Crippen LogP contribution is 2.32. The first kappa shape index (κ1) is 16.2. The lowest BCUT2D eigenvalue weighted by Crippen LogP contribution is -2.47. The minimum atomic E-state index is 0.513. The predicted octanol–water partition coefficient (Wildman–Crippen LogP) is 2.07. The Morgan fingerprint density at radius 3 is 1.81 bits per heavy atom. The van der Waals surface area contributed by atoms with Gasteiger partial charge in [0.15, 0.2) is 11.6 Å². The van der Waals surface area contributed by atoms with Crippen molar-refractivity contribution >= 4 is 22.9 Å². The van der Waals surface area contributed by atoms with Crippen LogP contribution in [0.3, 0.4) is 0 Å². The van der Waals surface area contributed by atoms with E-state index in [9.17, 15) is 0 Å². The Morgan fingerprint density at radius 1 is 0.654 bits per heavy atom. The number of piperidine rings is 2. The SMILES string of the molecule is C1CCN(C2CCN(c3nc4nonc4nc3N3CCCC3)CC2)CC1. The molecule has 0 atom stereocenters. The van der Waals surface area contributed by atoms with Crippen LogP contribution >= 0.6 is 0 Å². The van der Waals surface area contributed by atoms with Gasteiger partial charge >= 0.3 is 0 Å². The van der Waals surface area contributed by atoms with Crippen LogP contribution in [0.2, 0.25) is 0 Å². The fourth-order valence-electron chi connectivity index (χ4n) is 4.70. The molecule has 0 radical (unpaired) electrons. The smallest absolute Gasteiger partial charge is 0.245 e. The van der Waals surface area contributed by atoms with Crippen molar-refractivity contribution in [3.05, 3.63) is 0 Å². The van der Waals surface area contributed by atoms with E-state index in [0.717, 1.165) is 43.9 Å². The highest BCUT2D eigenvalue weighted by Gasteiger charge is 2.30. The van der Waals surface area contributed by atoms with E-state index in [1.54, 1.807) is 0 Å². The van der Waals surface area contributed by atoms with Crippen LogP contribution in [-0.4, -0.2) is 70.5 Å². The average molecular weight is 357 g/mol. The Bertz CT molecular complexity index is 743. The summed E-state index contributed by atoms with van der Waals surface area (Å²) in [5.74, 6) is 1.93. The van der Waals surface area contributed by atoms with Gasteiger partial charge in [0.05, 0.1) is 0 Å². The van der Waals surface area contributed by atoms with Gasteiger partial charge in [0.25, 0.3) is 0 Å². The van der Waals surface area contributed by atoms with Crippen LogP contribution in [0.1, 0.15) is 44.9 Å². The molecule has 3 saturated heterocycles. The van der Waals surface area contributed by atoms with Gasteiger partial charge in [-0.15, -0.1) is 0 Å². The van der Waals surface area contributed by atoms with E-state index in [-0.39, 0.29) is 0 Å². The molecular weight excluding hydrogens is 330 g/mol.